The Bertz CT molecular complexity index is 689. The second-order valence-electron chi connectivity index (χ2n) is 6.52. The first-order chi connectivity index (χ1) is 11.2. The molecule has 2 unspecified atom stereocenters. The SMILES string of the molecule is CC1C(NC(=O)c2ccc(-c3cccnc3)s2)C2CCN1CC2. The molecule has 3 aliphatic rings. The van der Waals surface area contributed by atoms with Gasteiger partial charge in [-0.15, -0.1) is 11.3 Å². The molecule has 3 fully saturated rings. The Balaban J connectivity index is 1.49. The first kappa shape index (κ1) is 14.8. The molecule has 0 saturated carbocycles. The highest BCUT2D eigenvalue weighted by Crippen LogP contribution is 2.33. The number of amides is 1. The molecule has 0 radical (unpaired) electrons. The summed E-state index contributed by atoms with van der Waals surface area (Å²) in [6, 6.07) is 8.61. The van der Waals surface area contributed by atoms with Gasteiger partial charge in [0.05, 0.1) is 4.88 Å². The van der Waals surface area contributed by atoms with Crippen LogP contribution in [-0.2, 0) is 0 Å². The predicted molar refractivity (Wildman–Crippen MR) is 92.6 cm³/mol. The van der Waals surface area contributed by atoms with E-state index in [0.29, 0.717) is 12.0 Å². The molecule has 3 aliphatic heterocycles. The summed E-state index contributed by atoms with van der Waals surface area (Å²) in [6.07, 6.45) is 6.02. The van der Waals surface area contributed by atoms with Crippen molar-refractivity contribution < 1.29 is 4.79 Å². The van der Waals surface area contributed by atoms with E-state index in [2.05, 4.69) is 22.1 Å². The van der Waals surface area contributed by atoms with Crippen molar-refractivity contribution in [3.63, 3.8) is 0 Å². The first-order valence-electron chi connectivity index (χ1n) is 8.27. The van der Waals surface area contributed by atoms with Gasteiger partial charge in [-0.1, -0.05) is 6.07 Å². The van der Waals surface area contributed by atoms with Crippen LogP contribution in [-0.4, -0.2) is 41.0 Å². The lowest BCUT2D eigenvalue weighted by molar-refractivity contribution is 0.0218. The minimum absolute atomic E-state index is 0.0655. The Hall–Kier alpha value is -1.72. The maximum absolute atomic E-state index is 12.6. The number of nitrogens with one attached hydrogen (secondary N) is 1. The number of thiophene rings is 1. The molecule has 1 amide bonds. The molecule has 23 heavy (non-hydrogen) atoms. The van der Waals surface area contributed by atoms with Gasteiger partial charge in [0, 0.05) is 34.9 Å². The molecule has 2 aromatic rings. The highest BCUT2D eigenvalue weighted by Gasteiger charge is 2.40. The van der Waals surface area contributed by atoms with E-state index in [9.17, 15) is 4.79 Å². The van der Waals surface area contributed by atoms with Crippen LogP contribution < -0.4 is 5.32 Å². The minimum atomic E-state index is 0.0655. The van der Waals surface area contributed by atoms with E-state index in [4.69, 9.17) is 0 Å². The van der Waals surface area contributed by atoms with Gasteiger partial charge < -0.3 is 5.32 Å². The number of hydrogen-bond acceptors (Lipinski definition) is 4. The molecule has 4 nitrogen and oxygen atoms in total. The number of pyridine rings is 1. The quantitative estimate of drug-likeness (QED) is 0.942. The monoisotopic (exact) mass is 327 g/mol. The van der Waals surface area contributed by atoms with E-state index in [0.717, 1.165) is 15.3 Å². The van der Waals surface area contributed by atoms with Crippen molar-refractivity contribution in [2.75, 3.05) is 13.1 Å². The van der Waals surface area contributed by atoms with Crippen molar-refractivity contribution >= 4 is 17.2 Å². The molecular formula is C18H21N3OS. The number of nitrogens with zero attached hydrogens (tertiary/aromatic N) is 2. The number of carbonyl (C=O) groups excluding carboxylic acids is 1. The Morgan fingerprint density at radius 3 is 2.83 bits per heavy atom. The molecule has 0 aromatic carbocycles. The minimum Gasteiger partial charge on any atom is -0.347 e. The molecule has 120 valence electrons. The van der Waals surface area contributed by atoms with E-state index in [1.54, 1.807) is 6.20 Å². The Kier molecular flexibility index (Phi) is 3.91. The van der Waals surface area contributed by atoms with Crippen LogP contribution in [0.25, 0.3) is 10.4 Å². The van der Waals surface area contributed by atoms with Crippen molar-refractivity contribution in [3.05, 3.63) is 41.5 Å². The number of piperidine rings is 3. The molecule has 2 bridgehead atoms. The van der Waals surface area contributed by atoms with Crippen molar-refractivity contribution in [3.8, 4) is 10.4 Å². The van der Waals surface area contributed by atoms with Crippen LogP contribution in [0.1, 0.15) is 29.4 Å². The van der Waals surface area contributed by atoms with E-state index in [-0.39, 0.29) is 11.9 Å². The molecule has 2 aromatic heterocycles. The van der Waals surface area contributed by atoms with Gasteiger partial charge in [0.2, 0.25) is 0 Å². The third kappa shape index (κ3) is 2.79. The van der Waals surface area contributed by atoms with Gasteiger partial charge in [0.15, 0.2) is 0 Å². The van der Waals surface area contributed by atoms with Crippen molar-refractivity contribution in [1.29, 1.82) is 0 Å². The molecule has 5 rings (SSSR count). The summed E-state index contributed by atoms with van der Waals surface area (Å²) < 4.78 is 0. The van der Waals surface area contributed by atoms with Crippen LogP contribution >= 0.6 is 11.3 Å². The van der Waals surface area contributed by atoms with Crippen LogP contribution in [0.15, 0.2) is 36.7 Å². The summed E-state index contributed by atoms with van der Waals surface area (Å²) in [7, 11) is 0. The number of rotatable bonds is 3. The summed E-state index contributed by atoms with van der Waals surface area (Å²) in [5.41, 5.74) is 1.06. The van der Waals surface area contributed by atoms with E-state index in [1.165, 1.54) is 37.3 Å². The molecule has 5 heterocycles. The zero-order valence-electron chi connectivity index (χ0n) is 13.2. The maximum atomic E-state index is 12.6. The van der Waals surface area contributed by atoms with Gasteiger partial charge in [-0.05, 0) is 57.0 Å². The van der Waals surface area contributed by atoms with Gasteiger partial charge in [0.1, 0.15) is 0 Å². The van der Waals surface area contributed by atoms with Gasteiger partial charge in [-0.3, -0.25) is 14.7 Å². The Morgan fingerprint density at radius 2 is 2.13 bits per heavy atom. The van der Waals surface area contributed by atoms with Gasteiger partial charge in [-0.25, -0.2) is 0 Å². The third-order valence-corrected chi connectivity index (χ3v) is 6.38. The van der Waals surface area contributed by atoms with Crippen LogP contribution in [0, 0.1) is 5.92 Å². The van der Waals surface area contributed by atoms with Crippen molar-refractivity contribution in [2.24, 2.45) is 5.92 Å². The number of aromatic nitrogens is 1. The molecule has 2 atom stereocenters. The smallest absolute Gasteiger partial charge is 0.261 e. The number of hydrogen-bond donors (Lipinski definition) is 1. The Labute approximate surface area is 140 Å². The fraction of sp³-hybridized carbons (Fsp3) is 0.444. The summed E-state index contributed by atoms with van der Waals surface area (Å²) in [4.78, 5) is 21.2. The first-order valence-corrected chi connectivity index (χ1v) is 9.09. The molecule has 5 heteroatoms. The van der Waals surface area contributed by atoms with Crippen LogP contribution in [0.3, 0.4) is 0 Å². The van der Waals surface area contributed by atoms with E-state index >= 15 is 0 Å². The average Bonchev–Trinajstić information content (AvgIpc) is 3.09. The maximum Gasteiger partial charge on any atom is 0.261 e. The lowest BCUT2D eigenvalue weighted by Crippen LogP contribution is -2.62. The highest BCUT2D eigenvalue weighted by atomic mass is 32.1. The average molecular weight is 327 g/mol. The van der Waals surface area contributed by atoms with E-state index < -0.39 is 0 Å². The summed E-state index contributed by atoms with van der Waals surface area (Å²) in [5, 5.41) is 3.30. The van der Waals surface area contributed by atoms with Gasteiger partial charge >= 0.3 is 0 Å². The molecule has 0 aliphatic carbocycles. The molecule has 0 spiro atoms. The topological polar surface area (TPSA) is 45.2 Å². The van der Waals surface area contributed by atoms with Gasteiger partial charge in [0.25, 0.3) is 5.91 Å². The lowest BCUT2D eigenvalue weighted by Gasteiger charge is -2.49. The lowest BCUT2D eigenvalue weighted by atomic mass is 9.79. The normalized spacial score (nSPS) is 29.4. The number of carbonyl (C=O) groups is 1. The zero-order chi connectivity index (χ0) is 15.8. The summed E-state index contributed by atoms with van der Waals surface area (Å²) >= 11 is 1.54. The van der Waals surface area contributed by atoms with Crippen molar-refractivity contribution in [1.82, 2.24) is 15.2 Å². The van der Waals surface area contributed by atoms with Crippen LogP contribution in [0.4, 0.5) is 0 Å². The molecule has 1 N–H and O–H groups in total. The standard InChI is InChI=1S/C18H21N3OS/c1-12-17(13-6-9-21(12)10-7-13)20-18(22)16-5-4-15(23-16)14-3-2-8-19-11-14/h2-5,8,11-13,17H,6-7,9-10H2,1H3,(H,20,22). The molecule has 3 saturated heterocycles. The predicted octanol–water partition coefficient (Wildman–Crippen LogP) is 3.02. The largest absolute Gasteiger partial charge is 0.347 e. The third-order valence-electron chi connectivity index (χ3n) is 5.25. The van der Waals surface area contributed by atoms with Crippen LogP contribution in [0.5, 0.6) is 0 Å². The van der Waals surface area contributed by atoms with Crippen LogP contribution in [0.2, 0.25) is 0 Å². The summed E-state index contributed by atoms with van der Waals surface area (Å²) in [5.74, 6) is 0.701. The second-order valence-corrected chi connectivity index (χ2v) is 7.60. The Morgan fingerprint density at radius 1 is 1.30 bits per heavy atom. The summed E-state index contributed by atoms with van der Waals surface area (Å²) in [6.45, 7) is 4.61. The van der Waals surface area contributed by atoms with Crippen molar-refractivity contribution in [2.45, 2.75) is 31.8 Å². The fourth-order valence-electron chi connectivity index (χ4n) is 3.89. The molecular weight excluding hydrogens is 306 g/mol. The zero-order valence-corrected chi connectivity index (χ0v) is 14.1. The second kappa shape index (κ2) is 6.06. The van der Waals surface area contributed by atoms with E-state index in [1.807, 2.05) is 30.5 Å². The van der Waals surface area contributed by atoms with Gasteiger partial charge in [-0.2, -0.15) is 0 Å². The number of fused-ring (bicyclic) bond motifs is 3. The highest BCUT2D eigenvalue weighted by molar-refractivity contribution is 7.17. The fourth-order valence-corrected chi connectivity index (χ4v) is 4.79.